The van der Waals surface area contributed by atoms with Gasteiger partial charge in [-0.05, 0) is 43.7 Å². The number of rotatable bonds is 4. The zero-order valence-electron chi connectivity index (χ0n) is 17.0. The zero-order valence-corrected chi connectivity index (χ0v) is 17.0. The monoisotopic (exact) mass is 379 g/mol. The van der Waals surface area contributed by atoms with Crippen molar-refractivity contribution in [1.29, 1.82) is 0 Å². The van der Waals surface area contributed by atoms with Gasteiger partial charge >= 0.3 is 0 Å². The molecule has 1 aromatic carbocycles. The number of furan rings is 1. The van der Waals surface area contributed by atoms with Crippen LogP contribution in [0.5, 0.6) is 0 Å². The summed E-state index contributed by atoms with van der Waals surface area (Å²) in [6.45, 7) is 6.40. The maximum Gasteiger partial charge on any atom is 0.287 e. The average molecular weight is 380 g/mol. The molecule has 0 aliphatic heterocycles. The standard InChI is InChI=1S/C23H29N3O2/c1-15-20-18(26-25-17-11-5-4-6-12-17)13-23(2,3)14-19(20)28-21(15)22(27)24-16-9-7-8-10-16/h4-6,11-12,16,25H,7-10,13-14H2,1-3H3,(H,24,27)/b26-18-. The number of anilines is 1. The molecule has 2 N–H and O–H groups in total. The molecule has 0 saturated heterocycles. The molecule has 148 valence electrons. The van der Waals surface area contributed by atoms with Gasteiger partial charge in [0.25, 0.3) is 5.91 Å². The lowest BCUT2D eigenvalue weighted by atomic mass is 9.75. The third-order valence-electron chi connectivity index (χ3n) is 5.78. The van der Waals surface area contributed by atoms with Crippen molar-refractivity contribution in [2.45, 2.75) is 65.3 Å². The average Bonchev–Trinajstić information content (AvgIpc) is 3.27. The number of para-hydroxylation sites is 1. The number of hydrazone groups is 1. The number of nitrogens with one attached hydrogen (secondary N) is 2. The molecular formula is C23H29N3O2. The second-order valence-corrected chi connectivity index (χ2v) is 8.86. The van der Waals surface area contributed by atoms with E-state index in [9.17, 15) is 4.79 Å². The van der Waals surface area contributed by atoms with E-state index < -0.39 is 0 Å². The quantitative estimate of drug-likeness (QED) is 0.731. The van der Waals surface area contributed by atoms with Crippen LogP contribution in [-0.2, 0) is 6.42 Å². The Hall–Kier alpha value is -2.56. The molecule has 28 heavy (non-hydrogen) atoms. The Morgan fingerprint density at radius 1 is 1.14 bits per heavy atom. The van der Waals surface area contributed by atoms with E-state index in [2.05, 4.69) is 24.6 Å². The summed E-state index contributed by atoms with van der Waals surface area (Å²) in [5.41, 5.74) is 7.00. The van der Waals surface area contributed by atoms with E-state index in [0.717, 1.165) is 54.0 Å². The van der Waals surface area contributed by atoms with Crippen LogP contribution >= 0.6 is 0 Å². The second-order valence-electron chi connectivity index (χ2n) is 8.86. The lowest BCUT2D eigenvalue weighted by molar-refractivity contribution is 0.0906. The molecule has 1 amide bonds. The Balaban J connectivity index is 1.64. The van der Waals surface area contributed by atoms with E-state index in [0.29, 0.717) is 5.76 Å². The summed E-state index contributed by atoms with van der Waals surface area (Å²) < 4.78 is 6.11. The van der Waals surface area contributed by atoms with Crippen molar-refractivity contribution in [3.8, 4) is 0 Å². The largest absolute Gasteiger partial charge is 0.455 e. The number of carbonyl (C=O) groups excluding carboxylic acids is 1. The molecule has 1 saturated carbocycles. The summed E-state index contributed by atoms with van der Waals surface area (Å²) in [7, 11) is 0. The van der Waals surface area contributed by atoms with Crippen molar-refractivity contribution in [3.63, 3.8) is 0 Å². The van der Waals surface area contributed by atoms with Crippen molar-refractivity contribution in [3.05, 3.63) is 53.0 Å². The smallest absolute Gasteiger partial charge is 0.287 e. The number of nitrogens with zero attached hydrogens (tertiary/aromatic N) is 1. The van der Waals surface area contributed by atoms with Crippen LogP contribution in [0.1, 0.15) is 73.4 Å². The van der Waals surface area contributed by atoms with E-state index in [1.54, 1.807) is 0 Å². The maximum atomic E-state index is 12.8. The van der Waals surface area contributed by atoms with Crippen molar-refractivity contribution in [2.24, 2.45) is 10.5 Å². The molecule has 0 spiro atoms. The molecule has 4 rings (SSSR count). The molecule has 2 aromatic rings. The molecule has 0 atom stereocenters. The van der Waals surface area contributed by atoms with Crippen LogP contribution in [0.15, 0.2) is 39.9 Å². The Morgan fingerprint density at radius 3 is 2.57 bits per heavy atom. The normalized spacial score (nSPS) is 20.2. The minimum Gasteiger partial charge on any atom is -0.455 e. The van der Waals surface area contributed by atoms with Gasteiger partial charge in [-0.3, -0.25) is 10.2 Å². The zero-order chi connectivity index (χ0) is 19.7. The molecule has 5 heteroatoms. The maximum absolute atomic E-state index is 12.8. The van der Waals surface area contributed by atoms with E-state index in [1.165, 1.54) is 12.8 Å². The van der Waals surface area contributed by atoms with E-state index in [-0.39, 0.29) is 17.4 Å². The molecule has 0 radical (unpaired) electrons. The van der Waals surface area contributed by atoms with Crippen LogP contribution in [0.2, 0.25) is 0 Å². The summed E-state index contributed by atoms with van der Waals surface area (Å²) in [5, 5.41) is 7.85. The fraction of sp³-hybridized carbons (Fsp3) is 0.478. The van der Waals surface area contributed by atoms with Gasteiger partial charge in [0.1, 0.15) is 5.76 Å². The van der Waals surface area contributed by atoms with Crippen LogP contribution in [-0.4, -0.2) is 17.7 Å². The highest BCUT2D eigenvalue weighted by atomic mass is 16.4. The number of hydrogen-bond acceptors (Lipinski definition) is 4. The summed E-state index contributed by atoms with van der Waals surface area (Å²) in [6.07, 6.45) is 6.15. The number of fused-ring (bicyclic) bond motifs is 1. The van der Waals surface area contributed by atoms with Gasteiger partial charge in [-0.25, -0.2) is 0 Å². The summed E-state index contributed by atoms with van der Waals surface area (Å²) in [4.78, 5) is 12.8. The fourth-order valence-electron chi connectivity index (χ4n) is 4.39. The van der Waals surface area contributed by atoms with Gasteiger partial charge in [-0.1, -0.05) is 44.9 Å². The summed E-state index contributed by atoms with van der Waals surface area (Å²) >= 11 is 0. The summed E-state index contributed by atoms with van der Waals surface area (Å²) in [6, 6.07) is 10.2. The highest BCUT2D eigenvalue weighted by Gasteiger charge is 2.36. The number of hydrogen-bond donors (Lipinski definition) is 2. The third-order valence-corrected chi connectivity index (χ3v) is 5.78. The molecular weight excluding hydrogens is 350 g/mol. The second kappa shape index (κ2) is 7.46. The minimum absolute atomic E-state index is 0.0354. The first-order chi connectivity index (χ1) is 13.4. The van der Waals surface area contributed by atoms with Crippen LogP contribution in [0.25, 0.3) is 0 Å². The van der Waals surface area contributed by atoms with E-state index in [1.807, 2.05) is 37.3 Å². The molecule has 5 nitrogen and oxygen atoms in total. The SMILES string of the molecule is Cc1c(C(=O)NC2CCCC2)oc2c1/C(=N\Nc1ccccc1)CC(C)(C)C2. The first-order valence-corrected chi connectivity index (χ1v) is 10.2. The predicted molar refractivity (Wildman–Crippen MR) is 112 cm³/mol. The van der Waals surface area contributed by atoms with Gasteiger partial charge in [0.05, 0.1) is 11.4 Å². The Labute approximate surface area is 166 Å². The molecule has 0 bridgehead atoms. The van der Waals surface area contributed by atoms with E-state index in [4.69, 9.17) is 9.52 Å². The van der Waals surface area contributed by atoms with Gasteiger partial charge < -0.3 is 9.73 Å². The van der Waals surface area contributed by atoms with Gasteiger partial charge in [-0.15, -0.1) is 0 Å². The van der Waals surface area contributed by atoms with Crippen molar-refractivity contribution in [1.82, 2.24) is 5.32 Å². The minimum atomic E-state index is -0.0908. The Kier molecular flexibility index (Phi) is 5.00. The molecule has 1 heterocycles. The highest BCUT2D eigenvalue weighted by Crippen LogP contribution is 2.39. The van der Waals surface area contributed by atoms with Gasteiger partial charge in [-0.2, -0.15) is 5.10 Å². The number of carbonyl (C=O) groups is 1. The van der Waals surface area contributed by atoms with Gasteiger partial charge in [0.15, 0.2) is 5.76 Å². The summed E-state index contributed by atoms with van der Waals surface area (Å²) in [5.74, 6) is 1.23. The van der Waals surface area contributed by atoms with Crippen molar-refractivity contribution < 1.29 is 9.21 Å². The van der Waals surface area contributed by atoms with Crippen molar-refractivity contribution >= 4 is 17.3 Å². The number of amides is 1. The van der Waals surface area contributed by atoms with Crippen LogP contribution in [0.3, 0.4) is 0 Å². The first kappa shape index (κ1) is 18.8. The molecule has 1 fully saturated rings. The lowest BCUT2D eigenvalue weighted by Crippen LogP contribution is -2.32. The highest BCUT2D eigenvalue weighted by molar-refractivity contribution is 6.07. The fourth-order valence-corrected chi connectivity index (χ4v) is 4.39. The topological polar surface area (TPSA) is 66.6 Å². The first-order valence-electron chi connectivity index (χ1n) is 10.2. The molecule has 2 aliphatic carbocycles. The van der Waals surface area contributed by atoms with Crippen LogP contribution < -0.4 is 10.7 Å². The molecule has 2 aliphatic rings. The van der Waals surface area contributed by atoms with Crippen molar-refractivity contribution in [2.75, 3.05) is 5.43 Å². The molecule has 0 unspecified atom stereocenters. The van der Waals surface area contributed by atoms with E-state index >= 15 is 0 Å². The van der Waals surface area contributed by atoms with Crippen LogP contribution in [0.4, 0.5) is 5.69 Å². The predicted octanol–water partition coefficient (Wildman–Crippen LogP) is 5.05. The Morgan fingerprint density at radius 2 is 1.86 bits per heavy atom. The lowest BCUT2D eigenvalue weighted by Gasteiger charge is -2.29. The number of benzene rings is 1. The van der Waals surface area contributed by atoms with Gasteiger partial charge in [0.2, 0.25) is 0 Å². The van der Waals surface area contributed by atoms with Gasteiger partial charge in [0, 0.05) is 23.6 Å². The van der Waals surface area contributed by atoms with Crippen LogP contribution in [0, 0.1) is 12.3 Å². The third kappa shape index (κ3) is 3.84. The Bertz CT molecular complexity index is 890. The molecule has 1 aromatic heterocycles.